The third-order valence-electron chi connectivity index (χ3n) is 1.67. The maximum Gasteiger partial charge on any atom is 0.0354 e. The molecule has 2 N–H and O–H groups in total. The fourth-order valence-electron chi connectivity index (χ4n) is 1.24. The topological polar surface area (TPSA) is 31.1 Å². The van der Waals surface area contributed by atoms with Crippen LogP contribution in [-0.2, 0) is 13.1 Å². The number of H-pyrrole nitrogens is 1. The van der Waals surface area contributed by atoms with Crippen molar-refractivity contribution < 1.29 is 0 Å². The second-order valence-corrected chi connectivity index (χ2v) is 3.30. The van der Waals surface area contributed by atoms with Crippen molar-refractivity contribution >= 4 is 0 Å². The Morgan fingerprint density at radius 2 is 2.25 bits per heavy atom. The third kappa shape index (κ3) is 2.68. The monoisotopic (exact) mass is 167 g/mol. The summed E-state index contributed by atoms with van der Waals surface area (Å²) >= 11 is 0. The molecule has 0 aromatic carbocycles. The molecular weight excluding hydrogens is 150 g/mol. The molecule has 3 heteroatoms. The van der Waals surface area contributed by atoms with Gasteiger partial charge >= 0.3 is 0 Å². The Labute approximate surface area is 73.8 Å². The summed E-state index contributed by atoms with van der Waals surface area (Å²) in [6.45, 7) is 1.91. The van der Waals surface area contributed by atoms with E-state index >= 15 is 0 Å². The lowest BCUT2D eigenvalue weighted by atomic mass is 10.3. The number of nitrogens with one attached hydrogen (secondary N) is 2. The molecule has 0 unspecified atom stereocenters. The first kappa shape index (κ1) is 9.29. The summed E-state index contributed by atoms with van der Waals surface area (Å²) in [7, 11) is 6.10. The Bertz CT molecular complexity index is 227. The summed E-state index contributed by atoms with van der Waals surface area (Å²) in [5.41, 5.74) is 2.58. The van der Waals surface area contributed by atoms with E-state index in [0.29, 0.717) is 0 Å². The predicted octanol–water partition coefficient (Wildman–Crippen LogP) is 0.796. The van der Waals surface area contributed by atoms with Gasteiger partial charge in [0.15, 0.2) is 0 Å². The van der Waals surface area contributed by atoms with Gasteiger partial charge in [0.2, 0.25) is 0 Å². The van der Waals surface area contributed by atoms with Gasteiger partial charge in [-0.05, 0) is 32.8 Å². The van der Waals surface area contributed by atoms with Crippen LogP contribution in [0, 0.1) is 0 Å². The molecule has 1 heterocycles. The summed E-state index contributed by atoms with van der Waals surface area (Å²) in [5, 5.41) is 3.11. The molecule has 0 saturated carbocycles. The molecule has 68 valence electrons. The highest BCUT2D eigenvalue weighted by molar-refractivity contribution is 5.16. The van der Waals surface area contributed by atoms with Gasteiger partial charge in [-0.3, -0.25) is 0 Å². The van der Waals surface area contributed by atoms with Crippen LogP contribution >= 0.6 is 0 Å². The van der Waals surface area contributed by atoms with Crippen LogP contribution < -0.4 is 5.32 Å². The number of aromatic amines is 1. The highest BCUT2D eigenvalue weighted by atomic mass is 15.0. The summed E-state index contributed by atoms with van der Waals surface area (Å²) < 4.78 is 0. The molecule has 0 aliphatic rings. The molecule has 0 bridgehead atoms. The first-order valence-electron chi connectivity index (χ1n) is 4.18. The summed E-state index contributed by atoms with van der Waals surface area (Å²) in [5.74, 6) is 0. The average Bonchev–Trinajstić information content (AvgIpc) is 2.36. The minimum absolute atomic E-state index is 0.910. The summed E-state index contributed by atoms with van der Waals surface area (Å²) in [6.07, 6.45) is 2.06. The molecular formula is C9H17N3. The fourth-order valence-corrected chi connectivity index (χ4v) is 1.24. The number of aromatic nitrogens is 1. The van der Waals surface area contributed by atoms with E-state index in [9.17, 15) is 0 Å². The Balaban J connectivity index is 2.52. The average molecular weight is 167 g/mol. The zero-order valence-corrected chi connectivity index (χ0v) is 8.02. The summed E-state index contributed by atoms with van der Waals surface area (Å²) in [4.78, 5) is 5.38. The lowest BCUT2D eigenvalue weighted by molar-refractivity contribution is 0.402. The SMILES string of the molecule is CNCc1cc(CN(C)C)c[nH]1. The smallest absolute Gasteiger partial charge is 0.0354 e. The van der Waals surface area contributed by atoms with Crippen LogP contribution in [0.1, 0.15) is 11.3 Å². The van der Waals surface area contributed by atoms with Crippen molar-refractivity contribution in [3.8, 4) is 0 Å². The quantitative estimate of drug-likeness (QED) is 0.695. The van der Waals surface area contributed by atoms with Gasteiger partial charge in [-0.25, -0.2) is 0 Å². The molecule has 12 heavy (non-hydrogen) atoms. The highest BCUT2D eigenvalue weighted by Crippen LogP contribution is 2.04. The Kier molecular flexibility index (Phi) is 3.31. The van der Waals surface area contributed by atoms with Crippen LogP contribution in [0.15, 0.2) is 12.3 Å². The second kappa shape index (κ2) is 4.28. The van der Waals surface area contributed by atoms with Crippen molar-refractivity contribution in [1.82, 2.24) is 15.2 Å². The van der Waals surface area contributed by atoms with Gasteiger partial charge in [-0.1, -0.05) is 0 Å². The lowest BCUT2D eigenvalue weighted by Crippen LogP contribution is -2.09. The molecule has 1 aromatic rings. The van der Waals surface area contributed by atoms with E-state index < -0.39 is 0 Å². The van der Waals surface area contributed by atoms with Crippen molar-refractivity contribution in [2.75, 3.05) is 21.1 Å². The first-order chi connectivity index (χ1) is 5.72. The van der Waals surface area contributed by atoms with Gasteiger partial charge in [-0.15, -0.1) is 0 Å². The third-order valence-corrected chi connectivity index (χ3v) is 1.67. The molecule has 0 saturated heterocycles. The van der Waals surface area contributed by atoms with E-state index in [1.165, 1.54) is 11.3 Å². The maximum absolute atomic E-state index is 3.22. The first-order valence-corrected chi connectivity index (χ1v) is 4.18. The van der Waals surface area contributed by atoms with Gasteiger partial charge < -0.3 is 15.2 Å². The van der Waals surface area contributed by atoms with Crippen molar-refractivity contribution in [2.24, 2.45) is 0 Å². The van der Waals surface area contributed by atoms with Crippen molar-refractivity contribution in [1.29, 1.82) is 0 Å². The molecule has 0 fully saturated rings. The fraction of sp³-hybridized carbons (Fsp3) is 0.556. The van der Waals surface area contributed by atoms with Crippen LogP contribution in [0.25, 0.3) is 0 Å². The number of nitrogens with zero attached hydrogens (tertiary/aromatic N) is 1. The molecule has 1 aromatic heterocycles. The van der Waals surface area contributed by atoms with E-state index in [-0.39, 0.29) is 0 Å². The maximum atomic E-state index is 3.22. The van der Waals surface area contributed by atoms with Crippen molar-refractivity contribution in [2.45, 2.75) is 13.1 Å². The molecule has 1 rings (SSSR count). The van der Waals surface area contributed by atoms with E-state index in [0.717, 1.165) is 13.1 Å². The van der Waals surface area contributed by atoms with E-state index in [1.807, 2.05) is 7.05 Å². The molecule has 0 spiro atoms. The minimum atomic E-state index is 0.910. The largest absolute Gasteiger partial charge is 0.364 e. The van der Waals surface area contributed by atoms with E-state index in [4.69, 9.17) is 0 Å². The van der Waals surface area contributed by atoms with E-state index in [1.54, 1.807) is 0 Å². The Morgan fingerprint density at radius 3 is 2.83 bits per heavy atom. The lowest BCUT2D eigenvalue weighted by Gasteiger charge is -2.06. The number of hydrogen-bond donors (Lipinski definition) is 2. The van der Waals surface area contributed by atoms with Crippen LogP contribution in [0.5, 0.6) is 0 Å². The normalized spacial score (nSPS) is 11.0. The predicted molar refractivity (Wildman–Crippen MR) is 50.9 cm³/mol. The van der Waals surface area contributed by atoms with Crippen LogP contribution in [0.3, 0.4) is 0 Å². The van der Waals surface area contributed by atoms with Crippen LogP contribution in [0.4, 0.5) is 0 Å². The molecule has 0 amide bonds. The molecule has 0 aliphatic heterocycles. The molecule has 0 radical (unpaired) electrons. The minimum Gasteiger partial charge on any atom is -0.364 e. The Morgan fingerprint density at radius 1 is 1.50 bits per heavy atom. The molecule has 3 nitrogen and oxygen atoms in total. The number of rotatable bonds is 4. The highest BCUT2D eigenvalue weighted by Gasteiger charge is 1.98. The van der Waals surface area contributed by atoms with Crippen molar-refractivity contribution in [3.05, 3.63) is 23.5 Å². The van der Waals surface area contributed by atoms with Gasteiger partial charge in [0.05, 0.1) is 0 Å². The standard InChI is InChI=1S/C9H17N3/c1-10-6-9-4-8(5-11-9)7-12(2)3/h4-5,10-11H,6-7H2,1-3H3. The molecule has 0 aliphatic carbocycles. The zero-order valence-electron chi connectivity index (χ0n) is 8.02. The van der Waals surface area contributed by atoms with E-state index in [2.05, 4.69) is 41.6 Å². The van der Waals surface area contributed by atoms with Crippen LogP contribution in [-0.4, -0.2) is 31.0 Å². The van der Waals surface area contributed by atoms with Crippen molar-refractivity contribution in [3.63, 3.8) is 0 Å². The summed E-state index contributed by atoms with van der Waals surface area (Å²) in [6, 6.07) is 2.19. The number of hydrogen-bond acceptors (Lipinski definition) is 2. The van der Waals surface area contributed by atoms with Gasteiger partial charge in [0.25, 0.3) is 0 Å². The van der Waals surface area contributed by atoms with Gasteiger partial charge in [0, 0.05) is 25.0 Å². The van der Waals surface area contributed by atoms with Gasteiger partial charge in [-0.2, -0.15) is 0 Å². The molecule has 0 atom stereocenters. The zero-order chi connectivity index (χ0) is 8.97. The Hall–Kier alpha value is -0.800. The van der Waals surface area contributed by atoms with Gasteiger partial charge in [0.1, 0.15) is 0 Å². The van der Waals surface area contributed by atoms with Crippen LogP contribution in [0.2, 0.25) is 0 Å². The second-order valence-electron chi connectivity index (χ2n) is 3.30.